The van der Waals surface area contributed by atoms with Gasteiger partial charge in [0.2, 0.25) is 5.82 Å². The van der Waals surface area contributed by atoms with Gasteiger partial charge in [0, 0.05) is 11.1 Å². The van der Waals surface area contributed by atoms with Crippen LogP contribution in [0.1, 0.15) is 51.5 Å². The van der Waals surface area contributed by atoms with Crippen molar-refractivity contribution in [3.63, 3.8) is 0 Å². The highest BCUT2D eigenvalue weighted by molar-refractivity contribution is 6.03. The molecule has 1 saturated carbocycles. The van der Waals surface area contributed by atoms with Crippen LogP contribution in [-0.2, 0) is 6.42 Å². The summed E-state index contributed by atoms with van der Waals surface area (Å²) in [6, 6.07) is 5.10. The quantitative estimate of drug-likeness (QED) is 0.471. The van der Waals surface area contributed by atoms with E-state index in [4.69, 9.17) is 4.74 Å². The molecule has 4 rings (SSSR count). The Hall–Kier alpha value is -1.97. The second-order valence-corrected chi connectivity index (χ2v) is 7.98. The van der Waals surface area contributed by atoms with Crippen LogP contribution in [-0.4, -0.2) is 6.61 Å². The molecule has 0 aliphatic heterocycles. The maximum absolute atomic E-state index is 15.0. The summed E-state index contributed by atoms with van der Waals surface area (Å²) in [4.78, 5) is 0. The van der Waals surface area contributed by atoms with Crippen LogP contribution >= 0.6 is 0 Å². The molecule has 0 aromatic heterocycles. The molecule has 0 saturated heterocycles. The molecule has 144 valence electrons. The van der Waals surface area contributed by atoms with Gasteiger partial charge in [0.05, 0.1) is 6.61 Å². The van der Waals surface area contributed by atoms with Gasteiger partial charge in [-0.3, -0.25) is 0 Å². The second-order valence-electron chi connectivity index (χ2n) is 7.98. The summed E-state index contributed by atoms with van der Waals surface area (Å²) in [7, 11) is 0. The maximum atomic E-state index is 15.0. The van der Waals surface area contributed by atoms with Gasteiger partial charge in [-0.25, -0.2) is 8.78 Å². The zero-order valence-corrected chi connectivity index (χ0v) is 15.9. The van der Waals surface area contributed by atoms with E-state index in [1.165, 1.54) is 31.7 Å². The zero-order valence-electron chi connectivity index (χ0n) is 15.9. The number of hydrogen-bond donors (Lipinski definition) is 0. The van der Waals surface area contributed by atoms with Crippen LogP contribution in [0.25, 0.3) is 22.3 Å². The van der Waals surface area contributed by atoms with Gasteiger partial charge in [0.1, 0.15) is 5.82 Å². The number of aryl methyl sites for hydroxylation is 1. The Kier molecular flexibility index (Phi) is 4.92. The highest BCUT2D eigenvalue weighted by Gasteiger charge is 2.34. The summed E-state index contributed by atoms with van der Waals surface area (Å²) >= 11 is 0. The molecule has 2 aliphatic rings. The fraction of sp³-hybridized carbons (Fsp3) is 0.478. The molecule has 0 amide bonds. The van der Waals surface area contributed by atoms with Crippen LogP contribution in [0.5, 0.6) is 5.75 Å². The fourth-order valence-electron chi connectivity index (χ4n) is 4.52. The highest BCUT2D eigenvalue weighted by atomic mass is 19.2. The van der Waals surface area contributed by atoms with Crippen molar-refractivity contribution in [2.24, 2.45) is 11.8 Å². The Labute approximate surface area is 158 Å². The molecule has 1 nitrogen and oxygen atoms in total. The average molecular weight is 374 g/mol. The molecule has 4 heteroatoms. The first-order valence-corrected chi connectivity index (χ1v) is 9.98. The summed E-state index contributed by atoms with van der Waals surface area (Å²) in [5, 5.41) is 0. The Bertz CT molecular complexity index is 867. The van der Waals surface area contributed by atoms with Gasteiger partial charge in [-0.05, 0) is 54.4 Å². The lowest BCUT2D eigenvalue weighted by Crippen LogP contribution is -2.14. The topological polar surface area (TPSA) is 9.23 Å². The van der Waals surface area contributed by atoms with E-state index < -0.39 is 17.5 Å². The first-order chi connectivity index (χ1) is 13.0. The second kappa shape index (κ2) is 7.21. The van der Waals surface area contributed by atoms with Crippen molar-refractivity contribution < 1.29 is 17.9 Å². The van der Waals surface area contributed by atoms with E-state index in [0.29, 0.717) is 29.0 Å². The van der Waals surface area contributed by atoms with Crippen molar-refractivity contribution in [1.82, 2.24) is 0 Å². The smallest absolute Gasteiger partial charge is 0.201 e. The predicted molar refractivity (Wildman–Crippen MR) is 101 cm³/mol. The van der Waals surface area contributed by atoms with E-state index in [1.54, 1.807) is 13.0 Å². The SMILES string of the molecule is CCOc1cc2c(c(F)c1F)-c1c-2ccc(CCC2CCC(C)CC2)c1F. The molecule has 27 heavy (non-hydrogen) atoms. The first-order valence-electron chi connectivity index (χ1n) is 9.98. The highest BCUT2D eigenvalue weighted by Crippen LogP contribution is 2.52. The standard InChI is InChI=1S/C23H25F3O/c1-3-27-18-12-17-16-11-10-15(9-8-14-6-4-13(2)5-7-14)21(24)19(16)20(17)23(26)22(18)25/h10-14H,3-9H2,1-2H3. The van der Waals surface area contributed by atoms with Gasteiger partial charge in [-0.15, -0.1) is 0 Å². The molecule has 0 N–H and O–H groups in total. The Balaban J connectivity index is 1.57. The summed E-state index contributed by atoms with van der Waals surface area (Å²) in [5.74, 6) is -1.13. The molecule has 2 aliphatic carbocycles. The summed E-state index contributed by atoms with van der Waals surface area (Å²) < 4.78 is 48.9. The predicted octanol–water partition coefficient (Wildman–Crippen LogP) is 6.91. The number of hydrogen-bond acceptors (Lipinski definition) is 1. The van der Waals surface area contributed by atoms with E-state index in [2.05, 4.69) is 6.92 Å². The molecule has 2 aromatic carbocycles. The minimum atomic E-state index is -1.04. The van der Waals surface area contributed by atoms with Crippen molar-refractivity contribution in [1.29, 1.82) is 0 Å². The molecule has 0 unspecified atom stereocenters. The monoisotopic (exact) mass is 374 g/mol. The van der Waals surface area contributed by atoms with Crippen LogP contribution in [0.15, 0.2) is 18.2 Å². The van der Waals surface area contributed by atoms with Gasteiger partial charge >= 0.3 is 0 Å². The van der Waals surface area contributed by atoms with Crippen molar-refractivity contribution in [3.05, 3.63) is 41.2 Å². The number of fused-ring (bicyclic) bond motifs is 4. The van der Waals surface area contributed by atoms with Gasteiger partial charge in [0.15, 0.2) is 11.6 Å². The van der Waals surface area contributed by atoms with E-state index in [1.807, 2.05) is 6.07 Å². The van der Waals surface area contributed by atoms with Crippen molar-refractivity contribution in [2.45, 2.75) is 52.4 Å². The minimum Gasteiger partial charge on any atom is -0.491 e. The molecular formula is C23H25F3O. The average Bonchev–Trinajstić information content (AvgIpc) is 2.65. The molecule has 0 bridgehead atoms. The Morgan fingerprint density at radius 2 is 1.63 bits per heavy atom. The third-order valence-corrected chi connectivity index (χ3v) is 6.19. The zero-order chi connectivity index (χ0) is 19.1. The minimum absolute atomic E-state index is 0.0526. The normalized spacial score (nSPS) is 20.6. The van der Waals surface area contributed by atoms with Crippen LogP contribution in [0, 0.1) is 29.3 Å². The van der Waals surface area contributed by atoms with Gasteiger partial charge < -0.3 is 4.74 Å². The van der Waals surface area contributed by atoms with Crippen molar-refractivity contribution in [3.8, 4) is 28.0 Å². The van der Waals surface area contributed by atoms with E-state index in [-0.39, 0.29) is 23.5 Å². The fourth-order valence-corrected chi connectivity index (χ4v) is 4.52. The molecule has 0 radical (unpaired) electrons. The van der Waals surface area contributed by atoms with E-state index >= 15 is 4.39 Å². The lowest BCUT2D eigenvalue weighted by atomic mass is 9.77. The summed E-state index contributed by atoms with van der Waals surface area (Å²) in [6.07, 6.45) is 6.51. The summed E-state index contributed by atoms with van der Waals surface area (Å²) in [6.45, 7) is 4.24. The van der Waals surface area contributed by atoms with Crippen LogP contribution in [0.3, 0.4) is 0 Å². The molecular weight excluding hydrogens is 349 g/mol. The maximum Gasteiger partial charge on any atom is 0.201 e. The molecule has 0 spiro atoms. The van der Waals surface area contributed by atoms with Crippen molar-refractivity contribution >= 4 is 0 Å². The first kappa shape index (κ1) is 18.4. The molecule has 1 fully saturated rings. The van der Waals surface area contributed by atoms with Crippen LogP contribution in [0.4, 0.5) is 13.2 Å². The Morgan fingerprint density at radius 1 is 0.926 bits per heavy atom. The van der Waals surface area contributed by atoms with Gasteiger partial charge in [0.25, 0.3) is 0 Å². The molecule has 0 atom stereocenters. The van der Waals surface area contributed by atoms with Gasteiger partial charge in [-0.2, -0.15) is 4.39 Å². The number of ether oxygens (including phenoxy) is 1. The number of rotatable bonds is 5. The third-order valence-electron chi connectivity index (χ3n) is 6.19. The Morgan fingerprint density at radius 3 is 2.33 bits per heavy atom. The van der Waals surface area contributed by atoms with Crippen LogP contribution < -0.4 is 4.74 Å². The summed E-state index contributed by atoms with van der Waals surface area (Å²) in [5.41, 5.74) is 2.04. The van der Waals surface area contributed by atoms with E-state index in [9.17, 15) is 8.78 Å². The molecule has 0 heterocycles. The third kappa shape index (κ3) is 3.13. The largest absolute Gasteiger partial charge is 0.491 e. The molecule has 2 aromatic rings. The number of benzene rings is 2. The lowest BCUT2D eigenvalue weighted by Gasteiger charge is -2.28. The van der Waals surface area contributed by atoms with E-state index in [0.717, 1.165) is 12.3 Å². The van der Waals surface area contributed by atoms with Gasteiger partial charge in [-0.1, -0.05) is 44.7 Å². The van der Waals surface area contributed by atoms with Crippen molar-refractivity contribution in [2.75, 3.05) is 6.61 Å². The van der Waals surface area contributed by atoms with Crippen LogP contribution in [0.2, 0.25) is 0 Å². The number of halogens is 3. The lowest BCUT2D eigenvalue weighted by molar-refractivity contribution is 0.277.